The van der Waals surface area contributed by atoms with Gasteiger partial charge < -0.3 is 5.32 Å². The molecule has 0 aliphatic carbocycles. The van der Waals surface area contributed by atoms with Crippen LogP contribution in [0.2, 0.25) is 0 Å². The standard InChI is InChI=1S/C5H10N2O3S/c6-11(9,10)5(8)4-2-1-3-7-4/h4,7H,1-3H2,(H2,6,9,10)/t4-/m0/s1. The van der Waals surface area contributed by atoms with Crippen molar-refractivity contribution in [3.63, 3.8) is 0 Å². The first-order chi connectivity index (χ1) is 5.02. The lowest BCUT2D eigenvalue weighted by atomic mass is 10.2. The van der Waals surface area contributed by atoms with Gasteiger partial charge in [-0.15, -0.1) is 0 Å². The molecule has 1 saturated heterocycles. The first kappa shape index (κ1) is 8.63. The lowest BCUT2D eigenvalue weighted by Crippen LogP contribution is -2.39. The van der Waals surface area contributed by atoms with Gasteiger partial charge in [0.15, 0.2) is 0 Å². The highest BCUT2D eigenvalue weighted by Crippen LogP contribution is 2.07. The van der Waals surface area contributed by atoms with Gasteiger partial charge in [0, 0.05) is 0 Å². The summed E-state index contributed by atoms with van der Waals surface area (Å²) >= 11 is 0. The van der Waals surface area contributed by atoms with Crippen LogP contribution in [-0.4, -0.2) is 26.1 Å². The smallest absolute Gasteiger partial charge is 0.277 e. The highest BCUT2D eigenvalue weighted by atomic mass is 32.2. The number of sulfonamides is 1. The highest BCUT2D eigenvalue weighted by Gasteiger charge is 2.29. The zero-order valence-corrected chi connectivity index (χ0v) is 6.73. The number of hydrogen-bond donors (Lipinski definition) is 2. The van der Waals surface area contributed by atoms with Crippen LogP contribution in [0, 0.1) is 0 Å². The fourth-order valence-electron chi connectivity index (χ4n) is 1.08. The molecule has 1 rings (SSSR count). The normalized spacial score (nSPS) is 25.4. The number of hydrogen-bond acceptors (Lipinski definition) is 4. The molecule has 0 aromatic carbocycles. The van der Waals surface area contributed by atoms with Gasteiger partial charge in [-0.3, -0.25) is 4.79 Å². The molecule has 0 amide bonds. The Hall–Kier alpha value is -0.460. The zero-order valence-electron chi connectivity index (χ0n) is 5.91. The van der Waals surface area contributed by atoms with E-state index in [4.69, 9.17) is 0 Å². The molecule has 5 nitrogen and oxygen atoms in total. The average Bonchev–Trinajstić information content (AvgIpc) is 2.34. The van der Waals surface area contributed by atoms with Crippen molar-refractivity contribution in [2.75, 3.05) is 6.54 Å². The van der Waals surface area contributed by atoms with Gasteiger partial charge in [0.25, 0.3) is 15.1 Å². The van der Waals surface area contributed by atoms with E-state index in [0.717, 1.165) is 6.42 Å². The first-order valence-corrected chi connectivity index (χ1v) is 4.86. The highest BCUT2D eigenvalue weighted by molar-refractivity contribution is 8.04. The molecule has 0 spiro atoms. The van der Waals surface area contributed by atoms with Gasteiger partial charge in [-0.05, 0) is 19.4 Å². The molecule has 6 heteroatoms. The summed E-state index contributed by atoms with van der Waals surface area (Å²) in [6.07, 6.45) is 1.39. The van der Waals surface area contributed by atoms with Crippen molar-refractivity contribution < 1.29 is 13.2 Å². The quantitative estimate of drug-likeness (QED) is 0.514. The first-order valence-electron chi connectivity index (χ1n) is 3.32. The number of nitrogens with two attached hydrogens (primary N) is 1. The van der Waals surface area contributed by atoms with E-state index >= 15 is 0 Å². The van der Waals surface area contributed by atoms with Crippen molar-refractivity contribution in [3.05, 3.63) is 0 Å². The van der Waals surface area contributed by atoms with Crippen LogP contribution in [0.15, 0.2) is 0 Å². The lowest BCUT2D eigenvalue weighted by Gasteiger charge is -2.04. The summed E-state index contributed by atoms with van der Waals surface area (Å²) in [4.78, 5) is 10.9. The molecule has 1 aliphatic rings. The predicted molar refractivity (Wildman–Crippen MR) is 39.1 cm³/mol. The molecular weight excluding hydrogens is 168 g/mol. The number of carbonyl (C=O) groups excluding carboxylic acids is 1. The summed E-state index contributed by atoms with van der Waals surface area (Å²) in [5.74, 6) is 0. The summed E-state index contributed by atoms with van der Waals surface area (Å²) in [6.45, 7) is 0.686. The molecule has 1 atom stereocenters. The molecule has 1 aliphatic heterocycles. The minimum atomic E-state index is -3.99. The summed E-state index contributed by atoms with van der Waals surface area (Å²) in [5, 5.41) is 6.50. The fraction of sp³-hybridized carbons (Fsp3) is 0.800. The van der Waals surface area contributed by atoms with Crippen LogP contribution >= 0.6 is 0 Å². The average molecular weight is 178 g/mol. The number of nitrogens with one attached hydrogen (secondary N) is 1. The molecule has 0 bridgehead atoms. The largest absolute Gasteiger partial charge is 0.307 e. The SMILES string of the molecule is NS(=O)(=O)C(=O)[C@@H]1CCCN1. The van der Waals surface area contributed by atoms with Gasteiger partial charge in [0.1, 0.15) is 0 Å². The molecular formula is C5H10N2O3S. The Morgan fingerprint density at radius 2 is 2.18 bits per heavy atom. The van der Waals surface area contributed by atoms with Crippen molar-refractivity contribution in [2.45, 2.75) is 18.9 Å². The van der Waals surface area contributed by atoms with E-state index in [9.17, 15) is 13.2 Å². The number of primary sulfonamides is 1. The molecule has 64 valence electrons. The molecule has 11 heavy (non-hydrogen) atoms. The van der Waals surface area contributed by atoms with E-state index in [1.165, 1.54) is 0 Å². The summed E-state index contributed by atoms with van der Waals surface area (Å²) in [7, 11) is -3.99. The van der Waals surface area contributed by atoms with Gasteiger partial charge in [-0.2, -0.15) is 0 Å². The van der Waals surface area contributed by atoms with E-state index in [1.807, 2.05) is 0 Å². The summed E-state index contributed by atoms with van der Waals surface area (Å²) < 4.78 is 21.0. The molecule has 0 saturated carbocycles. The maximum Gasteiger partial charge on any atom is 0.277 e. The van der Waals surface area contributed by atoms with Crippen molar-refractivity contribution in [2.24, 2.45) is 5.14 Å². The van der Waals surface area contributed by atoms with Gasteiger partial charge in [-0.1, -0.05) is 0 Å². The van der Waals surface area contributed by atoms with Crippen molar-refractivity contribution in [1.82, 2.24) is 5.32 Å². The Bertz CT molecular complexity index is 253. The predicted octanol–water partition coefficient (Wildman–Crippen LogP) is -1.45. The monoisotopic (exact) mass is 178 g/mol. The van der Waals surface area contributed by atoms with Crippen LogP contribution in [0.25, 0.3) is 0 Å². The van der Waals surface area contributed by atoms with E-state index in [2.05, 4.69) is 10.5 Å². The van der Waals surface area contributed by atoms with E-state index in [0.29, 0.717) is 13.0 Å². The fourth-order valence-corrected chi connectivity index (χ4v) is 1.68. The maximum absolute atomic E-state index is 10.9. The van der Waals surface area contributed by atoms with E-state index in [1.54, 1.807) is 0 Å². The van der Waals surface area contributed by atoms with Crippen molar-refractivity contribution in [1.29, 1.82) is 0 Å². The third kappa shape index (κ3) is 1.98. The zero-order chi connectivity index (χ0) is 8.48. The van der Waals surface area contributed by atoms with Crippen LogP contribution in [0.1, 0.15) is 12.8 Å². The van der Waals surface area contributed by atoms with Gasteiger partial charge >= 0.3 is 0 Å². The molecule has 1 fully saturated rings. The van der Waals surface area contributed by atoms with Crippen LogP contribution < -0.4 is 10.5 Å². The Kier molecular flexibility index (Phi) is 2.26. The van der Waals surface area contributed by atoms with Crippen LogP contribution in [0.5, 0.6) is 0 Å². The van der Waals surface area contributed by atoms with E-state index < -0.39 is 21.2 Å². The molecule has 0 aromatic heterocycles. The summed E-state index contributed by atoms with van der Waals surface area (Å²) in [6, 6.07) is -0.579. The Morgan fingerprint density at radius 3 is 2.55 bits per heavy atom. The van der Waals surface area contributed by atoms with Gasteiger partial charge in [0.2, 0.25) is 0 Å². The lowest BCUT2D eigenvalue weighted by molar-refractivity contribution is -0.113. The van der Waals surface area contributed by atoms with Gasteiger partial charge in [0.05, 0.1) is 6.04 Å². The molecule has 0 unspecified atom stereocenters. The Labute approximate surface area is 65.0 Å². The van der Waals surface area contributed by atoms with Gasteiger partial charge in [-0.25, -0.2) is 13.6 Å². The second-order valence-electron chi connectivity index (χ2n) is 2.51. The minimum Gasteiger partial charge on any atom is -0.307 e. The molecule has 0 aromatic rings. The van der Waals surface area contributed by atoms with Crippen LogP contribution in [0.4, 0.5) is 0 Å². The number of carbonyl (C=O) groups is 1. The molecule has 0 radical (unpaired) electrons. The second-order valence-corrected chi connectivity index (χ2v) is 4.01. The topological polar surface area (TPSA) is 89.3 Å². The molecule has 1 heterocycles. The number of rotatable bonds is 1. The summed E-state index contributed by atoms with van der Waals surface area (Å²) in [5.41, 5.74) is 0. The third-order valence-electron chi connectivity index (χ3n) is 1.63. The third-order valence-corrected chi connectivity index (χ3v) is 2.47. The Balaban J connectivity index is 2.69. The maximum atomic E-state index is 10.9. The van der Waals surface area contributed by atoms with Crippen molar-refractivity contribution >= 4 is 15.1 Å². The molecule has 3 N–H and O–H groups in total. The van der Waals surface area contributed by atoms with Crippen LogP contribution in [-0.2, 0) is 14.8 Å². The Morgan fingerprint density at radius 1 is 1.55 bits per heavy atom. The van der Waals surface area contributed by atoms with Crippen LogP contribution in [0.3, 0.4) is 0 Å². The second kappa shape index (κ2) is 2.88. The van der Waals surface area contributed by atoms with Crippen molar-refractivity contribution in [3.8, 4) is 0 Å². The minimum absolute atomic E-state index is 0.565. The van der Waals surface area contributed by atoms with E-state index in [-0.39, 0.29) is 0 Å².